The van der Waals surface area contributed by atoms with Gasteiger partial charge in [-0.05, 0) is 38.4 Å². The minimum absolute atomic E-state index is 0.0250. The van der Waals surface area contributed by atoms with E-state index in [4.69, 9.17) is 15.6 Å². The molecule has 0 aliphatic heterocycles. The van der Waals surface area contributed by atoms with Gasteiger partial charge in [0.15, 0.2) is 0 Å². The Morgan fingerprint density at radius 1 is 1.37 bits per heavy atom. The van der Waals surface area contributed by atoms with Crippen molar-refractivity contribution in [3.63, 3.8) is 0 Å². The van der Waals surface area contributed by atoms with Gasteiger partial charge in [0, 0.05) is 19.1 Å². The average molecular weight is 266 g/mol. The lowest BCUT2D eigenvalue weighted by molar-refractivity contribution is 0.222. The van der Waals surface area contributed by atoms with Crippen molar-refractivity contribution in [2.75, 3.05) is 33.9 Å². The average Bonchev–Trinajstić information content (AvgIpc) is 2.35. The molecule has 19 heavy (non-hydrogen) atoms. The molecule has 0 spiro atoms. The Bertz CT molecular complexity index is 407. The highest BCUT2D eigenvalue weighted by Crippen LogP contribution is 2.25. The van der Waals surface area contributed by atoms with E-state index in [0.717, 1.165) is 18.7 Å². The molecule has 0 aromatic heterocycles. The smallest absolute Gasteiger partial charge is 0.125 e. The standard InChI is InChI=1S/C15H26N2O2/c1-11-7-12(2)15(19-4)13(8-11)5-6-17(3)9-14(16)10-18/h7-8,14,18H,5-6,9-10,16H2,1-4H3. The number of aliphatic hydroxyl groups is 1. The molecule has 0 saturated carbocycles. The van der Waals surface area contributed by atoms with Gasteiger partial charge in [-0.15, -0.1) is 0 Å². The van der Waals surface area contributed by atoms with Gasteiger partial charge >= 0.3 is 0 Å². The van der Waals surface area contributed by atoms with Crippen molar-refractivity contribution < 1.29 is 9.84 Å². The molecule has 0 amide bonds. The van der Waals surface area contributed by atoms with E-state index < -0.39 is 0 Å². The third kappa shape index (κ3) is 4.82. The summed E-state index contributed by atoms with van der Waals surface area (Å²) in [5, 5.41) is 8.95. The van der Waals surface area contributed by atoms with Gasteiger partial charge < -0.3 is 20.5 Å². The monoisotopic (exact) mass is 266 g/mol. The molecular formula is C15H26N2O2. The zero-order valence-corrected chi connectivity index (χ0v) is 12.4. The quantitative estimate of drug-likeness (QED) is 0.776. The predicted octanol–water partition coefficient (Wildman–Crippen LogP) is 1.11. The molecule has 1 aromatic carbocycles. The Balaban J connectivity index is 2.67. The molecule has 0 bridgehead atoms. The van der Waals surface area contributed by atoms with E-state index in [1.165, 1.54) is 16.7 Å². The van der Waals surface area contributed by atoms with Crippen LogP contribution in [-0.2, 0) is 6.42 Å². The van der Waals surface area contributed by atoms with Gasteiger partial charge in [0.2, 0.25) is 0 Å². The zero-order chi connectivity index (χ0) is 14.4. The van der Waals surface area contributed by atoms with E-state index in [1.54, 1.807) is 7.11 Å². The Labute approximate surface area is 116 Å². The summed E-state index contributed by atoms with van der Waals surface area (Å²) in [6.07, 6.45) is 0.917. The molecule has 108 valence electrons. The molecule has 1 aromatic rings. The van der Waals surface area contributed by atoms with E-state index in [1.807, 2.05) is 7.05 Å². The van der Waals surface area contributed by atoms with Gasteiger partial charge in [0.1, 0.15) is 5.75 Å². The highest BCUT2D eigenvalue weighted by Gasteiger charge is 2.10. The van der Waals surface area contributed by atoms with Crippen LogP contribution in [0.3, 0.4) is 0 Å². The fraction of sp³-hybridized carbons (Fsp3) is 0.600. The molecule has 0 radical (unpaired) electrons. The van der Waals surface area contributed by atoms with Crippen LogP contribution >= 0.6 is 0 Å². The van der Waals surface area contributed by atoms with Crippen molar-refractivity contribution in [1.29, 1.82) is 0 Å². The summed E-state index contributed by atoms with van der Waals surface area (Å²) >= 11 is 0. The molecule has 0 heterocycles. The second kappa shape index (κ2) is 7.48. The second-order valence-corrected chi connectivity index (χ2v) is 5.23. The summed E-state index contributed by atoms with van der Waals surface area (Å²) in [5.74, 6) is 0.977. The van der Waals surface area contributed by atoms with Crippen LogP contribution in [0.15, 0.2) is 12.1 Å². The summed E-state index contributed by atoms with van der Waals surface area (Å²) in [7, 11) is 3.73. The third-order valence-corrected chi connectivity index (χ3v) is 3.24. The summed E-state index contributed by atoms with van der Waals surface area (Å²) in [6.45, 7) is 5.79. The van der Waals surface area contributed by atoms with Crippen LogP contribution in [0, 0.1) is 13.8 Å². The van der Waals surface area contributed by atoms with E-state index in [0.29, 0.717) is 6.54 Å². The molecule has 3 N–H and O–H groups in total. The van der Waals surface area contributed by atoms with Crippen molar-refractivity contribution in [2.45, 2.75) is 26.3 Å². The Morgan fingerprint density at radius 2 is 2.05 bits per heavy atom. The first kappa shape index (κ1) is 16.0. The van der Waals surface area contributed by atoms with Crippen molar-refractivity contribution in [3.8, 4) is 5.75 Å². The van der Waals surface area contributed by atoms with Gasteiger partial charge in [0.25, 0.3) is 0 Å². The van der Waals surface area contributed by atoms with Crippen LogP contribution in [0.1, 0.15) is 16.7 Å². The number of aryl methyl sites for hydroxylation is 2. The maximum Gasteiger partial charge on any atom is 0.125 e. The number of nitrogens with two attached hydrogens (primary N) is 1. The number of likely N-dealkylation sites (N-methyl/N-ethyl adjacent to an activating group) is 1. The van der Waals surface area contributed by atoms with Gasteiger partial charge in [-0.2, -0.15) is 0 Å². The molecule has 0 aliphatic carbocycles. The third-order valence-electron chi connectivity index (χ3n) is 3.24. The SMILES string of the molecule is COc1c(C)cc(C)cc1CCN(C)CC(N)CO. The molecule has 1 unspecified atom stereocenters. The maximum absolute atomic E-state index is 8.95. The normalized spacial score (nSPS) is 12.8. The van der Waals surface area contributed by atoms with Crippen molar-refractivity contribution in [3.05, 3.63) is 28.8 Å². The molecule has 0 aliphatic rings. The molecule has 4 heteroatoms. The highest BCUT2D eigenvalue weighted by molar-refractivity contribution is 5.43. The Morgan fingerprint density at radius 3 is 2.63 bits per heavy atom. The topological polar surface area (TPSA) is 58.7 Å². The minimum Gasteiger partial charge on any atom is -0.496 e. The van der Waals surface area contributed by atoms with Crippen LogP contribution in [0.2, 0.25) is 0 Å². The fourth-order valence-corrected chi connectivity index (χ4v) is 2.38. The number of aliphatic hydroxyl groups excluding tert-OH is 1. The summed E-state index contributed by atoms with van der Waals surface area (Å²) in [5.41, 5.74) is 9.38. The first-order chi connectivity index (χ1) is 8.97. The van der Waals surface area contributed by atoms with E-state index in [9.17, 15) is 0 Å². The van der Waals surface area contributed by atoms with Crippen LogP contribution in [0.4, 0.5) is 0 Å². The lowest BCUT2D eigenvalue weighted by Crippen LogP contribution is -2.38. The van der Waals surface area contributed by atoms with Gasteiger partial charge in [-0.1, -0.05) is 17.7 Å². The molecular weight excluding hydrogens is 240 g/mol. The molecule has 4 nitrogen and oxygen atoms in total. The van der Waals surface area contributed by atoms with Gasteiger partial charge in [-0.25, -0.2) is 0 Å². The van der Waals surface area contributed by atoms with E-state index in [-0.39, 0.29) is 12.6 Å². The van der Waals surface area contributed by atoms with E-state index >= 15 is 0 Å². The number of hydrogen-bond acceptors (Lipinski definition) is 4. The zero-order valence-electron chi connectivity index (χ0n) is 12.4. The predicted molar refractivity (Wildman–Crippen MR) is 78.7 cm³/mol. The maximum atomic E-state index is 8.95. The largest absolute Gasteiger partial charge is 0.496 e. The summed E-state index contributed by atoms with van der Waals surface area (Å²) < 4.78 is 5.48. The van der Waals surface area contributed by atoms with Crippen LogP contribution < -0.4 is 10.5 Å². The first-order valence-electron chi connectivity index (χ1n) is 6.67. The Kier molecular flexibility index (Phi) is 6.28. The van der Waals surface area contributed by atoms with Gasteiger partial charge in [0.05, 0.1) is 13.7 Å². The number of methoxy groups -OCH3 is 1. The van der Waals surface area contributed by atoms with Crippen LogP contribution in [-0.4, -0.2) is 49.9 Å². The molecule has 1 rings (SSSR count). The lowest BCUT2D eigenvalue weighted by atomic mass is 10.0. The lowest BCUT2D eigenvalue weighted by Gasteiger charge is -2.21. The van der Waals surface area contributed by atoms with E-state index in [2.05, 4.69) is 30.9 Å². The van der Waals surface area contributed by atoms with Crippen LogP contribution in [0.25, 0.3) is 0 Å². The Hall–Kier alpha value is -1.10. The number of ether oxygens (including phenoxy) is 1. The summed E-state index contributed by atoms with van der Waals surface area (Å²) in [4.78, 5) is 2.14. The van der Waals surface area contributed by atoms with Crippen molar-refractivity contribution in [1.82, 2.24) is 4.90 Å². The number of benzene rings is 1. The number of rotatable bonds is 7. The number of hydrogen-bond donors (Lipinski definition) is 2. The number of nitrogens with zero attached hydrogens (tertiary/aromatic N) is 1. The second-order valence-electron chi connectivity index (χ2n) is 5.23. The summed E-state index contributed by atoms with van der Waals surface area (Å²) in [6, 6.07) is 4.13. The van der Waals surface area contributed by atoms with Gasteiger partial charge in [-0.3, -0.25) is 0 Å². The minimum atomic E-state index is -0.175. The molecule has 1 atom stereocenters. The first-order valence-corrected chi connectivity index (χ1v) is 6.67. The molecule has 0 saturated heterocycles. The van der Waals surface area contributed by atoms with Crippen LogP contribution in [0.5, 0.6) is 5.75 Å². The van der Waals surface area contributed by atoms with Crippen molar-refractivity contribution >= 4 is 0 Å². The van der Waals surface area contributed by atoms with Crippen molar-refractivity contribution in [2.24, 2.45) is 5.73 Å². The molecule has 0 fully saturated rings. The highest BCUT2D eigenvalue weighted by atomic mass is 16.5. The fourth-order valence-electron chi connectivity index (χ4n) is 2.38.